The van der Waals surface area contributed by atoms with Crippen molar-refractivity contribution in [2.75, 3.05) is 15.5 Å². The number of carbonyl (C=O) groups excluding carboxylic acids is 5. The zero-order valence-corrected chi connectivity index (χ0v) is 20.7. The van der Waals surface area contributed by atoms with E-state index < -0.39 is 29.8 Å². The largest absolute Gasteiger partial charge is 0.449 e. The van der Waals surface area contributed by atoms with Gasteiger partial charge < -0.3 is 15.4 Å². The van der Waals surface area contributed by atoms with Gasteiger partial charge >= 0.3 is 5.97 Å². The molecule has 0 bridgehead atoms. The monoisotopic (exact) mass is 499 g/mol. The molecule has 188 valence electrons. The van der Waals surface area contributed by atoms with Gasteiger partial charge in [0, 0.05) is 18.3 Å². The standard InChI is InChI=1S/C28H25N3O6/c1-15-5-12-24(16(2)13-15)30-25(33)17(3)37-28(36)19-6-11-22-23(14-19)27(35)31(26(22)34)21-9-7-20(8-10-21)29-18(4)32/h5-14,17H,1-4H3,(H,29,32)(H,30,33). The quantitative estimate of drug-likeness (QED) is 0.386. The molecule has 2 N–H and O–H groups in total. The number of carbonyl (C=O) groups is 5. The molecular formula is C28H25N3O6. The second-order valence-corrected chi connectivity index (χ2v) is 8.79. The number of imide groups is 1. The van der Waals surface area contributed by atoms with Crippen LogP contribution in [0.25, 0.3) is 0 Å². The fraction of sp³-hybridized carbons (Fsp3) is 0.179. The van der Waals surface area contributed by atoms with Crippen molar-refractivity contribution in [2.45, 2.75) is 33.8 Å². The number of rotatable bonds is 6. The molecule has 1 heterocycles. The van der Waals surface area contributed by atoms with Crippen LogP contribution in [-0.4, -0.2) is 35.7 Å². The van der Waals surface area contributed by atoms with Gasteiger partial charge in [-0.3, -0.25) is 19.2 Å². The SMILES string of the molecule is CC(=O)Nc1ccc(N2C(=O)c3ccc(C(=O)OC(C)C(=O)Nc4ccc(C)cc4C)cc3C2=O)cc1. The minimum Gasteiger partial charge on any atom is -0.449 e. The Morgan fingerprint density at radius 2 is 1.51 bits per heavy atom. The van der Waals surface area contributed by atoms with Gasteiger partial charge in [-0.25, -0.2) is 9.69 Å². The van der Waals surface area contributed by atoms with E-state index in [0.29, 0.717) is 17.1 Å². The number of anilines is 3. The smallest absolute Gasteiger partial charge is 0.338 e. The first-order valence-electron chi connectivity index (χ1n) is 11.5. The summed E-state index contributed by atoms with van der Waals surface area (Å²) in [5, 5.41) is 5.36. The van der Waals surface area contributed by atoms with Crippen molar-refractivity contribution >= 4 is 46.7 Å². The van der Waals surface area contributed by atoms with Gasteiger partial charge in [0.15, 0.2) is 6.10 Å². The van der Waals surface area contributed by atoms with Crippen molar-refractivity contribution in [2.24, 2.45) is 0 Å². The topological polar surface area (TPSA) is 122 Å². The van der Waals surface area contributed by atoms with E-state index in [1.165, 1.54) is 44.2 Å². The number of nitrogens with one attached hydrogen (secondary N) is 2. The zero-order valence-electron chi connectivity index (χ0n) is 20.7. The molecular weight excluding hydrogens is 474 g/mol. The molecule has 9 nitrogen and oxygen atoms in total. The van der Waals surface area contributed by atoms with Crippen LogP contribution in [0.2, 0.25) is 0 Å². The molecule has 1 aliphatic rings. The molecule has 0 spiro atoms. The Hall–Kier alpha value is -4.79. The highest BCUT2D eigenvalue weighted by Gasteiger charge is 2.37. The van der Waals surface area contributed by atoms with E-state index in [1.54, 1.807) is 18.2 Å². The summed E-state index contributed by atoms with van der Waals surface area (Å²) in [5.74, 6) is -2.67. The molecule has 0 fully saturated rings. The first kappa shape index (κ1) is 25.3. The van der Waals surface area contributed by atoms with Crippen LogP contribution in [0.4, 0.5) is 17.1 Å². The molecule has 4 amide bonds. The Labute approximate surface area is 213 Å². The molecule has 1 unspecified atom stereocenters. The first-order valence-corrected chi connectivity index (χ1v) is 11.5. The second-order valence-electron chi connectivity index (χ2n) is 8.79. The Balaban J connectivity index is 1.47. The molecule has 0 radical (unpaired) electrons. The number of aryl methyl sites for hydroxylation is 2. The summed E-state index contributed by atoms with van der Waals surface area (Å²) in [7, 11) is 0. The van der Waals surface area contributed by atoms with E-state index in [4.69, 9.17) is 4.74 Å². The number of nitrogens with zero attached hydrogens (tertiary/aromatic N) is 1. The van der Waals surface area contributed by atoms with Crippen LogP contribution in [0.1, 0.15) is 56.0 Å². The van der Waals surface area contributed by atoms with Crippen LogP contribution in [0.3, 0.4) is 0 Å². The van der Waals surface area contributed by atoms with Crippen LogP contribution in [-0.2, 0) is 14.3 Å². The van der Waals surface area contributed by atoms with Crippen molar-refractivity contribution in [3.05, 3.63) is 88.5 Å². The lowest BCUT2D eigenvalue weighted by Gasteiger charge is -2.15. The number of benzene rings is 3. The van der Waals surface area contributed by atoms with Crippen molar-refractivity contribution in [3.8, 4) is 0 Å². The second kappa shape index (κ2) is 10.1. The van der Waals surface area contributed by atoms with Crippen molar-refractivity contribution in [1.82, 2.24) is 0 Å². The van der Waals surface area contributed by atoms with Gasteiger partial charge in [-0.15, -0.1) is 0 Å². The normalized spacial score (nSPS) is 13.1. The summed E-state index contributed by atoms with van der Waals surface area (Å²) in [5.41, 5.74) is 3.63. The summed E-state index contributed by atoms with van der Waals surface area (Å²) in [6, 6.07) is 15.9. The van der Waals surface area contributed by atoms with Crippen LogP contribution in [0, 0.1) is 13.8 Å². The third-order valence-electron chi connectivity index (χ3n) is 5.86. The summed E-state index contributed by atoms with van der Waals surface area (Å²) in [4.78, 5) is 63.5. The number of hydrogen-bond donors (Lipinski definition) is 2. The lowest BCUT2D eigenvalue weighted by atomic mass is 10.1. The molecule has 1 aliphatic heterocycles. The Morgan fingerprint density at radius 1 is 0.838 bits per heavy atom. The molecule has 37 heavy (non-hydrogen) atoms. The molecule has 0 aliphatic carbocycles. The van der Waals surface area contributed by atoms with Gasteiger partial charge in [0.05, 0.1) is 22.4 Å². The predicted molar refractivity (Wildman–Crippen MR) is 138 cm³/mol. The summed E-state index contributed by atoms with van der Waals surface area (Å²) < 4.78 is 5.32. The fourth-order valence-electron chi connectivity index (χ4n) is 3.97. The molecule has 4 rings (SSSR count). The molecule has 1 atom stereocenters. The minimum absolute atomic E-state index is 0.0360. The highest BCUT2D eigenvalue weighted by molar-refractivity contribution is 6.34. The van der Waals surface area contributed by atoms with Crippen molar-refractivity contribution in [1.29, 1.82) is 0 Å². The van der Waals surface area contributed by atoms with E-state index in [1.807, 2.05) is 26.0 Å². The number of hydrogen-bond acceptors (Lipinski definition) is 6. The van der Waals surface area contributed by atoms with Gasteiger partial charge in [-0.2, -0.15) is 0 Å². The fourth-order valence-corrected chi connectivity index (χ4v) is 3.97. The molecule has 9 heteroatoms. The van der Waals surface area contributed by atoms with E-state index in [0.717, 1.165) is 16.0 Å². The number of esters is 1. The highest BCUT2D eigenvalue weighted by Crippen LogP contribution is 2.30. The summed E-state index contributed by atoms with van der Waals surface area (Å²) in [6.45, 7) is 6.63. The average molecular weight is 500 g/mol. The van der Waals surface area contributed by atoms with Crippen LogP contribution < -0.4 is 15.5 Å². The Morgan fingerprint density at radius 3 is 2.16 bits per heavy atom. The number of amides is 4. The third kappa shape index (κ3) is 5.25. The maximum atomic E-state index is 13.1. The van der Waals surface area contributed by atoms with E-state index in [9.17, 15) is 24.0 Å². The number of ether oxygens (including phenoxy) is 1. The maximum absolute atomic E-state index is 13.1. The van der Waals surface area contributed by atoms with Crippen LogP contribution >= 0.6 is 0 Å². The average Bonchev–Trinajstić information content (AvgIpc) is 3.10. The predicted octanol–water partition coefficient (Wildman–Crippen LogP) is 4.25. The summed E-state index contributed by atoms with van der Waals surface area (Å²) >= 11 is 0. The molecule has 0 saturated carbocycles. The van der Waals surface area contributed by atoms with Gasteiger partial charge in [0.25, 0.3) is 17.7 Å². The zero-order chi connectivity index (χ0) is 26.9. The van der Waals surface area contributed by atoms with Crippen molar-refractivity contribution in [3.63, 3.8) is 0 Å². The lowest BCUT2D eigenvalue weighted by Crippen LogP contribution is -2.30. The van der Waals surface area contributed by atoms with Gasteiger partial charge in [0.1, 0.15) is 0 Å². The number of fused-ring (bicyclic) bond motifs is 1. The Bertz CT molecular complexity index is 1440. The van der Waals surface area contributed by atoms with Gasteiger partial charge in [-0.05, 0) is 74.9 Å². The molecule has 0 aromatic heterocycles. The van der Waals surface area contributed by atoms with E-state index >= 15 is 0 Å². The van der Waals surface area contributed by atoms with Crippen molar-refractivity contribution < 1.29 is 28.7 Å². The van der Waals surface area contributed by atoms with Gasteiger partial charge in [0.2, 0.25) is 5.91 Å². The van der Waals surface area contributed by atoms with E-state index in [2.05, 4.69) is 10.6 Å². The third-order valence-corrected chi connectivity index (χ3v) is 5.86. The van der Waals surface area contributed by atoms with Crippen LogP contribution in [0.5, 0.6) is 0 Å². The summed E-state index contributed by atoms with van der Waals surface area (Å²) in [6.07, 6.45) is -1.10. The van der Waals surface area contributed by atoms with E-state index in [-0.39, 0.29) is 22.6 Å². The Kier molecular flexibility index (Phi) is 6.88. The van der Waals surface area contributed by atoms with Gasteiger partial charge in [-0.1, -0.05) is 17.7 Å². The molecule has 3 aromatic carbocycles. The molecule has 3 aromatic rings. The highest BCUT2D eigenvalue weighted by atomic mass is 16.5. The lowest BCUT2D eigenvalue weighted by molar-refractivity contribution is -0.123. The maximum Gasteiger partial charge on any atom is 0.338 e. The minimum atomic E-state index is -1.10. The first-order chi connectivity index (χ1) is 17.5. The van der Waals surface area contributed by atoms with Crippen LogP contribution in [0.15, 0.2) is 60.7 Å². The molecule has 0 saturated heterocycles.